The van der Waals surface area contributed by atoms with Gasteiger partial charge in [-0.3, -0.25) is 14.6 Å². The molecule has 236 valence electrons. The van der Waals surface area contributed by atoms with E-state index in [1.165, 1.54) is 41.4 Å². The minimum absolute atomic E-state index is 0.0128. The van der Waals surface area contributed by atoms with Gasteiger partial charge in [-0.2, -0.15) is 26.3 Å². The second kappa shape index (κ2) is 12.1. The average molecular weight is 650 g/mol. The zero-order valence-electron chi connectivity index (χ0n) is 23.2. The van der Waals surface area contributed by atoms with E-state index in [4.69, 9.17) is 5.73 Å². The second-order valence-electron chi connectivity index (χ2n) is 10.5. The van der Waals surface area contributed by atoms with E-state index in [0.29, 0.717) is 16.3 Å². The molecule has 4 heterocycles. The molecule has 8 nitrogen and oxygen atoms in total. The lowest BCUT2D eigenvalue weighted by atomic mass is 9.90. The van der Waals surface area contributed by atoms with Crippen LogP contribution in [0.4, 0.5) is 32.2 Å². The minimum Gasteiger partial charge on any atom is -0.384 e. The lowest BCUT2D eigenvalue weighted by Gasteiger charge is -2.39. The topological polar surface area (TPSA) is 121 Å². The molecule has 4 N–H and O–H groups in total. The molecule has 0 aliphatic carbocycles. The number of benzene rings is 1. The van der Waals surface area contributed by atoms with Crippen LogP contribution in [-0.4, -0.2) is 56.7 Å². The number of hydrogen-bond acceptors (Lipinski definition) is 7. The van der Waals surface area contributed by atoms with Gasteiger partial charge in [0.1, 0.15) is 5.82 Å². The highest BCUT2D eigenvalue weighted by Gasteiger charge is 2.55. The van der Waals surface area contributed by atoms with Crippen LogP contribution < -0.4 is 11.1 Å². The lowest BCUT2D eigenvalue weighted by Crippen LogP contribution is -2.54. The zero-order valence-corrected chi connectivity index (χ0v) is 24.1. The number of likely N-dealkylation sites (tertiary alicyclic amines) is 1. The number of carbonyl (C=O) groups excluding carboxylic acids is 2. The summed E-state index contributed by atoms with van der Waals surface area (Å²) in [5.41, 5.74) is 2.75. The van der Waals surface area contributed by atoms with Gasteiger partial charge in [-0.15, -0.1) is 11.3 Å². The molecule has 3 aromatic heterocycles. The van der Waals surface area contributed by atoms with Crippen molar-refractivity contribution in [3.63, 3.8) is 0 Å². The Balaban J connectivity index is 1.31. The Hall–Kier alpha value is -4.50. The van der Waals surface area contributed by atoms with Crippen LogP contribution in [0.15, 0.2) is 60.9 Å². The Kier molecular flexibility index (Phi) is 8.60. The Labute approximate surface area is 256 Å². The number of nitrogen functional groups attached to an aromatic ring is 1. The summed E-state index contributed by atoms with van der Waals surface area (Å²) in [7, 11) is 0. The molecule has 5 rings (SSSR count). The number of amides is 2. The number of rotatable bonds is 6. The molecule has 1 aliphatic heterocycles. The standard InChI is InChI=1S/C30H25F6N5O3S/c31-29(32,33)22-13-19(23-4-3-18(15-38-23)27(43)41-9-7-28(44,8-10-41)30(34,35)36)11-20-12-21(45-26(20)22)16-40-25(42)6-2-17-1-5-24(37)39-14-17/h1-6,11-15,44H,7-10,16H2,(H2,37,39)(H,40,42)/b6-2+. The Morgan fingerprint density at radius 1 is 1.02 bits per heavy atom. The van der Waals surface area contributed by atoms with Crippen molar-refractivity contribution in [2.75, 3.05) is 18.8 Å². The Morgan fingerprint density at radius 3 is 2.36 bits per heavy atom. The van der Waals surface area contributed by atoms with E-state index in [2.05, 4.69) is 15.3 Å². The number of aromatic nitrogens is 2. The largest absolute Gasteiger partial charge is 0.417 e. The monoisotopic (exact) mass is 649 g/mol. The lowest BCUT2D eigenvalue weighted by molar-refractivity contribution is -0.271. The summed E-state index contributed by atoms with van der Waals surface area (Å²) in [6, 6.07) is 9.97. The van der Waals surface area contributed by atoms with E-state index in [1.807, 2.05) is 0 Å². The summed E-state index contributed by atoms with van der Waals surface area (Å²) >= 11 is 0.895. The summed E-state index contributed by atoms with van der Waals surface area (Å²) in [5, 5.41) is 12.8. The number of pyridine rings is 2. The molecule has 0 unspecified atom stereocenters. The first kappa shape index (κ1) is 31.9. The fourth-order valence-corrected chi connectivity index (χ4v) is 5.92. The van der Waals surface area contributed by atoms with Crippen LogP contribution in [0.5, 0.6) is 0 Å². The van der Waals surface area contributed by atoms with Gasteiger partial charge in [-0.05, 0) is 59.5 Å². The number of anilines is 1. The van der Waals surface area contributed by atoms with E-state index in [0.717, 1.165) is 23.6 Å². The molecule has 1 aliphatic rings. The quantitative estimate of drug-likeness (QED) is 0.179. The molecular weight excluding hydrogens is 624 g/mol. The average Bonchev–Trinajstić information content (AvgIpc) is 3.41. The predicted molar refractivity (Wildman–Crippen MR) is 156 cm³/mol. The molecule has 0 radical (unpaired) electrons. The number of fused-ring (bicyclic) bond motifs is 1. The number of nitrogens with zero attached hydrogens (tertiary/aromatic N) is 3. The third-order valence-electron chi connectivity index (χ3n) is 7.36. The predicted octanol–water partition coefficient (Wildman–Crippen LogP) is 5.82. The van der Waals surface area contributed by atoms with Crippen LogP contribution in [0.3, 0.4) is 0 Å². The van der Waals surface area contributed by atoms with Crippen molar-refractivity contribution in [2.24, 2.45) is 0 Å². The molecule has 0 spiro atoms. The van der Waals surface area contributed by atoms with Gasteiger partial charge in [0.2, 0.25) is 5.91 Å². The number of thiophene rings is 1. The zero-order chi connectivity index (χ0) is 32.6. The maximum absolute atomic E-state index is 14.1. The summed E-state index contributed by atoms with van der Waals surface area (Å²) in [5.74, 6) is -0.733. The highest BCUT2D eigenvalue weighted by Crippen LogP contribution is 2.42. The van der Waals surface area contributed by atoms with Crippen molar-refractivity contribution >= 4 is 45.1 Å². The highest BCUT2D eigenvalue weighted by molar-refractivity contribution is 7.19. The number of nitrogens with two attached hydrogens (primary N) is 1. The first-order chi connectivity index (χ1) is 21.1. The van der Waals surface area contributed by atoms with Gasteiger partial charge in [0.05, 0.1) is 23.4 Å². The van der Waals surface area contributed by atoms with E-state index >= 15 is 0 Å². The third-order valence-corrected chi connectivity index (χ3v) is 8.54. The molecular formula is C30H25F6N5O3S. The van der Waals surface area contributed by atoms with Crippen molar-refractivity contribution in [2.45, 2.75) is 37.3 Å². The summed E-state index contributed by atoms with van der Waals surface area (Å²) in [6.45, 7) is -0.653. The maximum atomic E-state index is 14.1. The molecule has 0 atom stereocenters. The summed E-state index contributed by atoms with van der Waals surface area (Å²) in [4.78, 5) is 34.8. The van der Waals surface area contributed by atoms with Crippen molar-refractivity contribution in [3.05, 3.63) is 82.5 Å². The van der Waals surface area contributed by atoms with E-state index < -0.39 is 48.2 Å². The van der Waals surface area contributed by atoms with Gasteiger partial charge < -0.3 is 21.1 Å². The molecule has 0 bridgehead atoms. The molecule has 1 fully saturated rings. The number of carbonyl (C=O) groups is 2. The number of hydrogen-bond donors (Lipinski definition) is 3. The van der Waals surface area contributed by atoms with Crippen molar-refractivity contribution in [1.29, 1.82) is 0 Å². The van der Waals surface area contributed by atoms with Crippen LogP contribution in [0.25, 0.3) is 27.4 Å². The maximum Gasteiger partial charge on any atom is 0.417 e. The Morgan fingerprint density at radius 2 is 1.76 bits per heavy atom. The number of alkyl halides is 6. The smallest absolute Gasteiger partial charge is 0.384 e. The van der Waals surface area contributed by atoms with Crippen LogP contribution in [0, 0.1) is 0 Å². The SMILES string of the molecule is Nc1ccc(/C=C/C(=O)NCc2cc3cc(-c4ccc(C(=O)N5CCC(O)(C(F)(F)F)CC5)cn4)cc(C(F)(F)F)c3s2)cn1. The normalized spacial score (nSPS) is 15.5. The number of aliphatic hydroxyl groups is 1. The third kappa shape index (κ3) is 7.09. The highest BCUT2D eigenvalue weighted by atomic mass is 32.1. The van der Waals surface area contributed by atoms with Crippen molar-refractivity contribution in [3.8, 4) is 11.3 Å². The van der Waals surface area contributed by atoms with Crippen LogP contribution in [0.1, 0.15) is 39.2 Å². The Bertz CT molecular complexity index is 1740. The number of piperidine rings is 1. The fourth-order valence-electron chi connectivity index (χ4n) is 4.81. The molecule has 1 saturated heterocycles. The van der Waals surface area contributed by atoms with Gasteiger partial charge in [0.25, 0.3) is 5.91 Å². The molecule has 15 heteroatoms. The van der Waals surface area contributed by atoms with Gasteiger partial charge in [-0.25, -0.2) is 4.98 Å². The minimum atomic E-state index is -4.81. The van der Waals surface area contributed by atoms with E-state index in [1.54, 1.807) is 18.2 Å². The molecule has 2 amide bonds. The fraction of sp³-hybridized carbons (Fsp3) is 0.267. The summed E-state index contributed by atoms with van der Waals surface area (Å²) < 4.78 is 81.5. The van der Waals surface area contributed by atoms with Gasteiger partial charge in [-0.1, -0.05) is 0 Å². The van der Waals surface area contributed by atoms with Crippen molar-refractivity contribution < 1.29 is 41.0 Å². The first-order valence-electron chi connectivity index (χ1n) is 13.5. The van der Waals surface area contributed by atoms with Gasteiger partial charge in [0.15, 0.2) is 5.60 Å². The van der Waals surface area contributed by atoms with Crippen molar-refractivity contribution in [1.82, 2.24) is 20.2 Å². The van der Waals surface area contributed by atoms with E-state index in [9.17, 15) is 41.0 Å². The first-order valence-corrected chi connectivity index (χ1v) is 14.3. The van der Waals surface area contributed by atoms with Gasteiger partial charge >= 0.3 is 12.4 Å². The number of halogens is 6. The summed E-state index contributed by atoms with van der Waals surface area (Å²) in [6.07, 6.45) is -5.42. The second-order valence-corrected chi connectivity index (χ2v) is 11.6. The molecule has 1 aromatic carbocycles. The molecule has 4 aromatic rings. The van der Waals surface area contributed by atoms with Crippen LogP contribution >= 0.6 is 11.3 Å². The molecule has 45 heavy (non-hydrogen) atoms. The number of nitrogens with one attached hydrogen (secondary N) is 1. The van der Waals surface area contributed by atoms with Crippen LogP contribution in [0.2, 0.25) is 0 Å². The van der Waals surface area contributed by atoms with E-state index in [-0.39, 0.29) is 46.5 Å². The van der Waals surface area contributed by atoms with Gasteiger partial charge in [0, 0.05) is 59.5 Å². The molecule has 0 saturated carbocycles. The van der Waals surface area contributed by atoms with Crippen LogP contribution in [-0.2, 0) is 17.5 Å².